The summed E-state index contributed by atoms with van der Waals surface area (Å²) in [5.74, 6) is -0.308. The second-order valence-corrected chi connectivity index (χ2v) is 4.48. The van der Waals surface area contributed by atoms with Gasteiger partial charge in [0.1, 0.15) is 5.82 Å². The number of methoxy groups -OCH3 is 1. The molecule has 1 rings (SSSR count). The minimum Gasteiger partial charge on any atom is -0.389 e. The fourth-order valence-corrected chi connectivity index (χ4v) is 1.90. The standard InChI is InChI=1S/C13H21FN2O2/c1-9(15)12-6-10(14)4-5-13(12)16(2)7-11(17)8-18-3/h4-6,9,11,17H,7-8,15H2,1-3H3/t9-,11?/m1/s1. The summed E-state index contributed by atoms with van der Waals surface area (Å²) in [6.07, 6.45) is -0.592. The Morgan fingerprint density at radius 2 is 2.17 bits per heavy atom. The van der Waals surface area contributed by atoms with E-state index in [1.165, 1.54) is 19.2 Å². The van der Waals surface area contributed by atoms with Crippen molar-refractivity contribution in [3.05, 3.63) is 29.6 Å². The van der Waals surface area contributed by atoms with Crippen molar-refractivity contribution in [2.75, 3.05) is 32.2 Å². The van der Waals surface area contributed by atoms with E-state index in [0.717, 1.165) is 11.3 Å². The first-order chi connectivity index (χ1) is 8.45. The van der Waals surface area contributed by atoms with Gasteiger partial charge in [-0.2, -0.15) is 0 Å². The first-order valence-electron chi connectivity index (χ1n) is 5.89. The Balaban J connectivity index is 2.87. The summed E-state index contributed by atoms with van der Waals surface area (Å²) in [6, 6.07) is 4.23. The van der Waals surface area contributed by atoms with Gasteiger partial charge in [-0.05, 0) is 30.7 Å². The molecule has 18 heavy (non-hydrogen) atoms. The molecule has 1 aromatic carbocycles. The molecule has 1 unspecified atom stereocenters. The Bertz CT molecular complexity index is 385. The van der Waals surface area contributed by atoms with Gasteiger partial charge < -0.3 is 20.5 Å². The first-order valence-corrected chi connectivity index (χ1v) is 5.89. The van der Waals surface area contributed by atoms with Crippen molar-refractivity contribution < 1.29 is 14.2 Å². The largest absolute Gasteiger partial charge is 0.389 e. The highest BCUT2D eigenvalue weighted by atomic mass is 19.1. The molecule has 0 radical (unpaired) electrons. The van der Waals surface area contributed by atoms with Crippen LogP contribution in [0.2, 0.25) is 0 Å². The lowest BCUT2D eigenvalue weighted by Gasteiger charge is -2.26. The predicted molar refractivity (Wildman–Crippen MR) is 70.2 cm³/mol. The van der Waals surface area contributed by atoms with Crippen molar-refractivity contribution in [3.8, 4) is 0 Å². The monoisotopic (exact) mass is 256 g/mol. The number of anilines is 1. The molecular weight excluding hydrogens is 235 g/mol. The summed E-state index contributed by atoms with van der Waals surface area (Å²) in [5, 5.41) is 9.69. The van der Waals surface area contributed by atoms with Crippen LogP contribution in [0.1, 0.15) is 18.5 Å². The van der Waals surface area contributed by atoms with Gasteiger partial charge in [-0.3, -0.25) is 0 Å². The molecule has 0 saturated carbocycles. The van der Waals surface area contributed by atoms with E-state index >= 15 is 0 Å². The van der Waals surface area contributed by atoms with E-state index in [0.29, 0.717) is 6.54 Å². The lowest BCUT2D eigenvalue weighted by molar-refractivity contribution is 0.0695. The molecule has 0 aliphatic rings. The normalized spacial score (nSPS) is 14.3. The third-order valence-electron chi connectivity index (χ3n) is 2.74. The summed E-state index contributed by atoms with van der Waals surface area (Å²) in [6.45, 7) is 2.47. The minimum atomic E-state index is -0.592. The van der Waals surface area contributed by atoms with Crippen molar-refractivity contribution in [2.45, 2.75) is 19.1 Å². The summed E-state index contributed by atoms with van der Waals surface area (Å²) in [7, 11) is 3.37. The van der Waals surface area contributed by atoms with Crippen LogP contribution in [-0.2, 0) is 4.74 Å². The third kappa shape index (κ3) is 3.94. The average molecular weight is 256 g/mol. The SMILES string of the molecule is COCC(O)CN(C)c1ccc(F)cc1[C@@H](C)N. The molecule has 3 N–H and O–H groups in total. The molecule has 4 nitrogen and oxygen atoms in total. The topological polar surface area (TPSA) is 58.7 Å². The van der Waals surface area contributed by atoms with Crippen LogP contribution < -0.4 is 10.6 Å². The van der Waals surface area contributed by atoms with Gasteiger partial charge in [0.05, 0.1) is 12.7 Å². The van der Waals surface area contributed by atoms with E-state index in [1.54, 1.807) is 13.0 Å². The number of likely N-dealkylation sites (N-methyl/N-ethyl adjacent to an activating group) is 1. The Kier molecular flexibility index (Phi) is 5.53. The zero-order chi connectivity index (χ0) is 13.7. The molecule has 0 amide bonds. The maximum absolute atomic E-state index is 13.2. The van der Waals surface area contributed by atoms with Crippen LogP contribution >= 0.6 is 0 Å². The highest BCUT2D eigenvalue weighted by Crippen LogP contribution is 2.25. The van der Waals surface area contributed by atoms with Crippen LogP contribution in [0.25, 0.3) is 0 Å². The number of hydrogen-bond donors (Lipinski definition) is 2. The van der Waals surface area contributed by atoms with Crippen LogP contribution in [0.3, 0.4) is 0 Å². The number of ether oxygens (including phenoxy) is 1. The maximum atomic E-state index is 13.2. The Hall–Kier alpha value is -1.17. The number of benzene rings is 1. The van der Waals surface area contributed by atoms with Gasteiger partial charge in [0.15, 0.2) is 0 Å². The second-order valence-electron chi connectivity index (χ2n) is 4.48. The van der Waals surface area contributed by atoms with Gasteiger partial charge in [0, 0.05) is 32.4 Å². The van der Waals surface area contributed by atoms with Gasteiger partial charge in [-0.1, -0.05) is 0 Å². The van der Waals surface area contributed by atoms with Gasteiger partial charge in [0.2, 0.25) is 0 Å². The number of aliphatic hydroxyl groups is 1. The van der Waals surface area contributed by atoms with Crippen molar-refractivity contribution in [3.63, 3.8) is 0 Å². The van der Waals surface area contributed by atoms with E-state index in [9.17, 15) is 9.50 Å². The van der Waals surface area contributed by atoms with E-state index in [1.807, 2.05) is 11.9 Å². The highest BCUT2D eigenvalue weighted by Gasteiger charge is 2.14. The Morgan fingerprint density at radius 3 is 2.72 bits per heavy atom. The summed E-state index contributed by atoms with van der Waals surface area (Å²) in [5.41, 5.74) is 7.38. The fraction of sp³-hybridized carbons (Fsp3) is 0.538. The number of nitrogens with zero attached hydrogens (tertiary/aromatic N) is 1. The van der Waals surface area contributed by atoms with Crippen LogP contribution in [-0.4, -0.2) is 38.5 Å². The zero-order valence-corrected chi connectivity index (χ0v) is 11.1. The zero-order valence-electron chi connectivity index (χ0n) is 11.1. The molecule has 0 spiro atoms. The smallest absolute Gasteiger partial charge is 0.123 e. The van der Waals surface area contributed by atoms with Gasteiger partial charge >= 0.3 is 0 Å². The molecular formula is C13H21FN2O2. The summed E-state index contributed by atoms with van der Waals surface area (Å²) in [4.78, 5) is 1.85. The van der Waals surface area contributed by atoms with E-state index in [2.05, 4.69) is 0 Å². The molecule has 1 aromatic rings. The lowest BCUT2D eigenvalue weighted by atomic mass is 10.1. The van der Waals surface area contributed by atoms with Crippen molar-refractivity contribution >= 4 is 5.69 Å². The van der Waals surface area contributed by atoms with Gasteiger partial charge in [0.25, 0.3) is 0 Å². The molecule has 102 valence electrons. The minimum absolute atomic E-state index is 0.263. The molecule has 0 fully saturated rings. The Morgan fingerprint density at radius 1 is 1.50 bits per heavy atom. The highest BCUT2D eigenvalue weighted by molar-refractivity contribution is 5.54. The van der Waals surface area contributed by atoms with E-state index < -0.39 is 6.10 Å². The number of aliphatic hydroxyl groups excluding tert-OH is 1. The summed E-state index contributed by atoms with van der Waals surface area (Å²) < 4.78 is 18.1. The first kappa shape index (κ1) is 14.9. The Labute approximate surface area is 107 Å². The molecule has 0 saturated heterocycles. The van der Waals surface area contributed by atoms with Crippen molar-refractivity contribution in [2.24, 2.45) is 5.73 Å². The van der Waals surface area contributed by atoms with Crippen LogP contribution in [0.4, 0.5) is 10.1 Å². The number of hydrogen-bond acceptors (Lipinski definition) is 4. The number of nitrogens with two attached hydrogens (primary N) is 1. The second kappa shape index (κ2) is 6.68. The molecule has 0 bridgehead atoms. The van der Waals surface area contributed by atoms with Crippen LogP contribution in [0, 0.1) is 5.82 Å². The molecule has 5 heteroatoms. The van der Waals surface area contributed by atoms with Crippen LogP contribution in [0.5, 0.6) is 0 Å². The van der Waals surface area contributed by atoms with Gasteiger partial charge in [-0.25, -0.2) is 4.39 Å². The lowest BCUT2D eigenvalue weighted by Crippen LogP contribution is -2.32. The van der Waals surface area contributed by atoms with E-state index in [-0.39, 0.29) is 18.5 Å². The average Bonchev–Trinajstić information content (AvgIpc) is 2.28. The molecule has 0 aliphatic carbocycles. The molecule has 2 atom stereocenters. The quantitative estimate of drug-likeness (QED) is 0.805. The summed E-state index contributed by atoms with van der Waals surface area (Å²) >= 11 is 0. The molecule has 0 aromatic heterocycles. The number of halogens is 1. The third-order valence-corrected chi connectivity index (χ3v) is 2.74. The van der Waals surface area contributed by atoms with Crippen molar-refractivity contribution in [1.29, 1.82) is 0 Å². The fourth-order valence-electron chi connectivity index (χ4n) is 1.90. The predicted octanol–water partition coefficient (Wildman–Crippen LogP) is 1.29. The van der Waals surface area contributed by atoms with Crippen LogP contribution in [0.15, 0.2) is 18.2 Å². The maximum Gasteiger partial charge on any atom is 0.123 e. The molecule has 0 aliphatic heterocycles. The number of rotatable bonds is 6. The van der Waals surface area contributed by atoms with E-state index in [4.69, 9.17) is 10.5 Å². The molecule has 0 heterocycles. The van der Waals surface area contributed by atoms with Gasteiger partial charge in [-0.15, -0.1) is 0 Å². The van der Waals surface area contributed by atoms with Crippen molar-refractivity contribution in [1.82, 2.24) is 0 Å².